The van der Waals surface area contributed by atoms with E-state index in [2.05, 4.69) is 0 Å². The molecule has 0 aliphatic heterocycles. The highest BCUT2D eigenvalue weighted by Crippen LogP contribution is 2.27. The molecule has 23 heavy (non-hydrogen) atoms. The third kappa shape index (κ3) is 3.71. The van der Waals surface area contributed by atoms with Crippen molar-refractivity contribution in [2.75, 3.05) is 34.8 Å². The zero-order valence-corrected chi connectivity index (χ0v) is 15.2. The fourth-order valence-corrected chi connectivity index (χ4v) is 3.99. The minimum Gasteiger partial charge on any atom is -0.462 e. The van der Waals surface area contributed by atoms with E-state index in [0.717, 1.165) is 8.61 Å². The number of hydrogen-bond donors (Lipinski definition) is 0. The summed E-state index contributed by atoms with van der Waals surface area (Å²) in [6.45, 7) is 1.53. The summed E-state index contributed by atoms with van der Waals surface area (Å²) in [6, 6.07) is 3.63. The van der Waals surface area contributed by atoms with E-state index in [9.17, 15) is 21.6 Å². The molecule has 10 heteroatoms. The van der Waals surface area contributed by atoms with Crippen LogP contribution in [-0.2, 0) is 24.8 Å². The van der Waals surface area contributed by atoms with Crippen LogP contribution >= 0.6 is 0 Å². The van der Waals surface area contributed by atoms with Crippen LogP contribution in [0.2, 0.25) is 0 Å². The number of esters is 1. The molecule has 0 spiro atoms. The van der Waals surface area contributed by atoms with E-state index in [0.29, 0.717) is 0 Å². The Balaban J connectivity index is 3.86. The van der Waals surface area contributed by atoms with Crippen LogP contribution < -0.4 is 0 Å². The Morgan fingerprint density at radius 1 is 0.957 bits per heavy atom. The minimum absolute atomic E-state index is 0.0172. The highest BCUT2D eigenvalue weighted by Gasteiger charge is 2.33. The van der Waals surface area contributed by atoms with Crippen molar-refractivity contribution in [3.05, 3.63) is 23.8 Å². The summed E-state index contributed by atoms with van der Waals surface area (Å²) < 4.78 is 56.3. The number of carbonyl (C=O) groups excluding carboxylic acids is 1. The maximum absolute atomic E-state index is 12.4. The van der Waals surface area contributed by atoms with Gasteiger partial charge in [-0.15, -0.1) is 0 Å². The molecule has 0 saturated heterocycles. The van der Waals surface area contributed by atoms with Gasteiger partial charge in [0.1, 0.15) is 0 Å². The number of carbonyl (C=O) groups is 1. The van der Waals surface area contributed by atoms with Gasteiger partial charge in [0.25, 0.3) is 0 Å². The van der Waals surface area contributed by atoms with Gasteiger partial charge in [-0.1, -0.05) is 6.07 Å². The Bertz CT molecular complexity index is 742. The maximum atomic E-state index is 12.4. The molecule has 1 rings (SSSR count). The second-order valence-corrected chi connectivity index (χ2v) is 9.17. The molecule has 8 nitrogen and oxygen atoms in total. The van der Waals surface area contributed by atoms with Gasteiger partial charge in [-0.25, -0.2) is 30.2 Å². The molecule has 0 unspecified atom stereocenters. The molecule has 0 bridgehead atoms. The van der Waals surface area contributed by atoms with E-state index in [4.69, 9.17) is 4.74 Å². The average molecular weight is 364 g/mol. The highest BCUT2D eigenvalue weighted by atomic mass is 32.2. The molecule has 0 saturated carbocycles. The predicted molar refractivity (Wildman–Crippen MR) is 84.1 cm³/mol. The zero-order valence-electron chi connectivity index (χ0n) is 13.6. The lowest BCUT2D eigenvalue weighted by Crippen LogP contribution is -2.29. The van der Waals surface area contributed by atoms with Gasteiger partial charge in [-0.2, -0.15) is 0 Å². The van der Waals surface area contributed by atoms with Crippen LogP contribution in [0.5, 0.6) is 0 Å². The van der Waals surface area contributed by atoms with Crippen LogP contribution in [-0.4, -0.2) is 66.2 Å². The smallest absolute Gasteiger partial charge is 0.340 e. The van der Waals surface area contributed by atoms with Crippen LogP contribution in [0.3, 0.4) is 0 Å². The molecule has 0 fully saturated rings. The van der Waals surface area contributed by atoms with Gasteiger partial charge in [0.15, 0.2) is 0 Å². The first kappa shape index (κ1) is 19.6. The van der Waals surface area contributed by atoms with E-state index in [1.807, 2.05) is 0 Å². The standard InChI is InChI=1S/C13H20N2O6S2/c1-6-21-13(16)12-10(22(17,18)14(2)3)8-7-9-11(12)23(19,20)15(4)5/h7-9H,6H2,1-5H3. The molecule has 0 atom stereocenters. The molecular weight excluding hydrogens is 344 g/mol. The van der Waals surface area contributed by atoms with Gasteiger partial charge in [0, 0.05) is 28.2 Å². The summed E-state index contributed by atoms with van der Waals surface area (Å²) in [5.41, 5.74) is -0.489. The van der Waals surface area contributed by atoms with Crippen molar-refractivity contribution >= 4 is 26.0 Å². The largest absolute Gasteiger partial charge is 0.462 e. The molecule has 0 N–H and O–H groups in total. The lowest BCUT2D eigenvalue weighted by Gasteiger charge is -2.19. The van der Waals surface area contributed by atoms with E-state index in [1.165, 1.54) is 46.4 Å². The maximum Gasteiger partial charge on any atom is 0.340 e. The van der Waals surface area contributed by atoms with E-state index in [1.54, 1.807) is 6.92 Å². The minimum atomic E-state index is -4.03. The third-order valence-electron chi connectivity index (χ3n) is 2.98. The van der Waals surface area contributed by atoms with Crippen molar-refractivity contribution in [3.63, 3.8) is 0 Å². The summed E-state index contributed by atoms with van der Waals surface area (Å²) in [7, 11) is -2.90. The number of benzene rings is 1. The second kappa shape index (κ2) is 6.95. The summed E-state index contributed by atoms with van der Waals surface area (Å²) in [5, 5.41) is 0. The van der Waals surface area contributed by atoms with E-state index in [-0.39, 0.29) is 6.61 Å². The predicted octanol–water partition coefficient (Wildman–Crippen LogP) is 0.364. The summed E-state index contributed by atoms with van der Waals surface area (Å²) in [5.74, 6) is -1.01. The Morgan fingerprint density at radius 3 is 1.65 bits per heavy atom. The SMILES string of the molecule is CCOC(=O)c1c(S(=O)(=O)N(C)C)cccc1S(=O)(=O)N(C)C. The first-order chi connectivity index (χ1) is 10.5. The number of sulfonamides is 2. The Morgan fingerprint density at radius 2 is 1.35 bits per heavy atom. The van der Waals surface area contributed by atoms with Gasteiger partial charge in [-0.3, -0.25) is 0 Å². The van der Waals surface area contributed by atoms with E-state index >= 15 is 0 Å². The first-order valence-corrected chi connectivity index (χ1v) is 9.51. The molecule has 0 aromatic heterocycles. The number of nitrogens with zero attached hydrogens (tertiary/aromatic N) is 2. The lowest BCUT2D eigenvalue weighted by atomic mass is 10.2. The molecule has 0 aliphatic carbocycles. The molecular formula is C13H20N2O6S2. The molecule has 0 aliphatic rings. The molecule has 1 aromatic carbocycles. The highest BCUT2D eigenvalue weighted by molar-refractivity contribution is 7.90. The van der Waals surface area contributed by atoms with Crippen LogP contribution in [0.25, 0.3) is 0 Å². The second-order valence-electron chi connectivity index (χ2n) is 4.92. The molecule has 0 amide bonds. The van der Waals surface area contributed by atoms with Crippen LogP contribution in [0.4, 0.5) is 0 Å². The normalized spacial score (nSPS) is 12.7. The zero-order chi connectivity index (χ0) is 18.0. The van der Waals surface area contributed by atoms with Gasteiger partial charge in [0.2, 0.25) is 20.0 Å². The molecule has 1 aromatic rings. The van der Waals surface area contributed by atoms with Gasteiger partial charge >= 0.3 is 5.97 Å². The monoisotopic (exact) mass is 364 g/mol. The fourth-order valence-electron chi connectivity index (χ4n) is 1.74. The fraction of sp³-hybridized carbons (Fsp3) is 0.462. The Kier molecular flexibility index (Phi) is 5.91. The van der Waals surface area contributed by atoms with Crippen LogP contribution in [0.1, 0.15) is 17.3 Å². The van der Waals surface area contributed by atoms with Crippen LogP contribution in [0.15, 0.2) is 28.0 Å². The first-order valence-electron chi connectivity index (χ1n) is 6.63. The Hall–Kier alpha value is -1.49. The van der Waals surface area contributed by atoms with Gasteiger partial charge < -0.3 is 4.74 Å². The van der Waals surface area contributed by atoms with Crippen molar-refractivity contribution in [3.8, 4) is 0 Å². The van der Waals surface area contributed by atoms with Gasteiger partial charge in [0.05, 0.1) is 22.0 Å². The lowest BCUT2D eigenvalue weighted by molar-refractivity contribution is 0.0516. The third-order valence-corrected chi connectivity index (χ3v) is 6.70. The topological polar surface area (TPSA) is 101 Å². The quantitative estimate of drug-likeness (QED) is 0.676. The van der Waals surface area contributed by atoms with Crippen LogP contribution in [0, 0.1) is 0 Å². The number of hydrogen-bond acceptors (Lipinski definition) is 6. The number of ether oxygens (including phenoxy) is 1. The molecule has 0 heterocycles. The van der Waals surface area contributed by atoms with Crippen molar-refractivity contribution in [2.24, 2.45) is 0 Å². The molecule has 130 valence electrons. The van der Waals surface area contributed by atoms with Crippen molar-refractivity contribution in [1.29, 1.82) is 0 Å². The Labute approximate surface area is 136 Å². The summed E-state index contributed by atoms with van der Waals surface area (Å²) in [6.07, 6.45) is 0. The van der Waals surface area contributed by atoms with Crippen molar-refractivity contribution < 1.29 is 26.4 Å². The molecule has 0 radical (unpaired) electrons. The summed E-state index contributed by atoms with van der Waals surface area (Å²) in [4.78, 5) is 11.4. The average Bonchev–Trinajstić information content (AvgIpc) is 2.46. The number of rotatable bonds is 6. The van der Waals surface area contributed by atoms with Crippen molar-refractivity contribution in [2.45, 2.75) is 16.7 Å². The van der Waals surface area contributed by atoms with E-state index < -0.39 is 41.4 Å². The summed E-state index contributed by atoms with van der Waals surface area (Å²) >= 11 is 0. The van der Waals surface area contributed by atoms with Crippen molar-refractivity contribution in [1.82, 2.24) is 8.61 Å². The van der Waals surface area contributed by atoms with Gasteiger partial charge in [-0.05, 0) is 19.1 Å².